The lowest BCUT2D eigenvalue weighted by Gasteiger charge is -2.25. The first-order valence-corrected chi connectivity index (χ1v) is 8.62. The quantitative estimate of drug-likeness (QED) is 0.900. The van der Waals surface area contributed by atoms with Gasteiger partial charge in [0.05, 0.1) is 23.6 Å². The fourth-order valence-corrected chi connectivity index (χ4v) is 3.01. The number of rotatable bonds is 4. The van der Waals surface area contributed by atoms with Crippen molar-refractivity contribution in [1.82, 2.24) is 10.3 Å². The van der Waals surface area contributed by atoms with Crippen molar-refractivity contribution >= 4 is 17.4 Å². The van der Waals surface area contributed by atoms with Gasteiger partial charge in [0.2, 0.25) is 0 Å². The van der Waals surface area contributed by atoms with Crippen LogP contribution in [-0.2, 0) is 6.54 Å². The molecule has 0 bridgehead atoms. The Hall–Kier alpha value is -2.56. The molecular formula is C19H24N4O. The van der Waals surface area contributed by atoms with Gasteiger partial charge in [0, 0.05) is 19.3 Å². The number of hydrogen-bond donors (Lipinski definition) is 2. The van der Waals surface area contributed by atoms with Crippen LogP contribution < -0.4 is 15.5 Å². The van der Waals surface area contributed by atoms with Crippen molar-refractivity contribution in [3.05, 3.63) is 54.4 Å². The third-order valence-corrected chi connectivity index (χ3v) is 4.26. The molecule has 2 N–H and O–H groups in total. The van der Waals surface area contributed by atoms with Crippen molar-refractivity contribution in [3.8, 4) is 0 Å². The van der Waals surface area contributed by atoms with Crippen molar-refractivity contribution in [3.63, 3.8) is 0 Å². The normalized spacial score (nSPS) is 14.8. The molecule has 1 aromatic heterocycles. The smallest absolute Gasteiger partial charge is 0.319 e. The Balaban J connectivity index is 1.63. The molecule has 3 rings (SSSR count). The fourth-order valence-electron chi connectivity index (χ4n) is 3.01. The third-order valence-electron chi connectivity index (χ3n) is 4.26. The minimum Gasteiger partial charge on any atom is -0.370 e. The van der Waals surface area contributed by atoms with Crippen LogP contribution in [-0.4, -0.2) is 24.1 Å². The Kier molecular flexibility index (Phi) is 5.66. The highest BCUT2D eigenvalue weighted by atomic mass is 16.2. The van der Waals surface area contributed by atoms with Crippen LogP contribution in [0.25, 0.3) is 0 Å². The van der Waals surface area contributed by atoms with E-state index in [1.807, 2.05) is 36.4 Å². The molecule has 126 valence electrons. The summed E-state index contributed by atoms with van der Waals surface area (Å²) in [7, 11) is 0. The molecule has 2 heterocycles. The summed E-state index contributed by atoms with van der Waals surface area (Å²) in [6, 6.07) is 13.5. The second kappa shape index (κ2) is 8.34. The van der Waals surface area contributed by atoms with Crippen molar-refractivity contribution in [2.45, 2.75) is 32.2 Å². The third kappa shape index (κ3) is 4.47. The number of nitrogens with zero attached hydrogens (tertiary/aromatic N) is 2. The zero-order valence-electron chi connectivity index (χ0n) is 13.9. The number of amides is 2. The summed E-state index contributed by atoms with van der Waals surface area (Å²) >= 11 is 0. The first-order chi connectivity index (χ1) is 11.8. The number of pyridine rings is 1. The predicted octanol–water partition coefficient (Wildman–Crippen LogP) is 3.78. The fraction of sp³-hybridized carbons (Fsp3) is 0.368. The predicted molar refractivity (Wildman–Crippen MR) is 97.2 cm³/mol. The minimum absolute atomic E-state index is 0.206. The molecule has 0 radical (unpaired) electrons. The number of aromatic nitrogens is 1. The van der Waals surface area contributed by atoms with E-state index >= 15 is 0 Å². The molecule has 0 unspecified atom stereocenters. The first-order valence-electron chi connectivity index (χ1n) is 8.62. The lowest BCUT2D eigenvalue weighted by Crippen LogP contribution is -2.30. The Morgan fingerprint density at radius 1 is 1.00 bits per heavy atom. The van der Waals surface area contributed by atoms with Crippen LogP contribution in [0, 0.1) is 0 Å². The van der Waals surface area contributed by atoms with Gasteiger partial charge in [-0.05, 0) is 37.1 Å². The molecule has 1 aliphatic rings. The van der Waals surface area contributed by atoms with E-state index in [4.69, 9.17) is 0 Å². The SMILES string of the molecule is O=C(NCc1ccccn1)Nc1ccccc1N1CCCCCC1. The largest absolute Gasteiger partial charge is 0.370 e. The van der Waals surface area contributed by atoms with Gasteiger partial charge < -0.3 is 15.5 Å². The molecule has 1 aliphatic heterocycles. The monoisotopic (exact) mass is 324 g/mol. The van der Waals surface area contributed by atoms with Crippen molar-refractivity contribution in [2.75, 3.05) is 23.3 Å². The van der Waals surface area contributed by atoms with Crippen LogP contribution in [0.1, 0.15) is 31.4 Å². The lowest BCUT2D eigenvalue weighted by molar-refractivity contribution is 0.251. The summed E-state index contributed by atoms with van der Waals surface area (Å²) in [5.41, 5.74) is 2.80. The van der Waals surface area contributed by atoms with Crippen LogP contribution in [0.15, 0.2) is 48.7 Å². The molecule has 1 saturated heterocycles. The molecule has 0 aliphatic carbocycles. The van der Waals surface area contributed by atoms with Gasteiger partial charge in [0.25, 0.3) is 0 Å². The Labute approximate surface area is 143 Å². The standard InChI is InChI=1S/C19H24N4O/c24-19(21-15-16-9-5-6-12-20-16)22-17-10-3-4-11-18(17)23-13-7-1-2-8-14-23/h3-6,9-12H,1-2,7-8,13-15H2,(H2,21,22,24). The molecule has 1 fully saturated rings. The van der Waals surface area contributed by atoms with E-state index in [0.717, 1.165) is 30.2 Å². The molecule has 0 atom stereocenters. The van der Waals surface area contributed by atoms with E-state index in [1.165, 1.54) is 25.7 Å². The second-order valence-electron chi connectivity index (χ2n) is 6.05. The Bertz CT molecular complexity index is 651. The average Bonchev–Trinajstić information content (AvgIpc) is 2.91. The van der Waals surface area contributed by atoms with E-state index in [1.54, 1.807) is 6.20 Å². The highest BCUT2D eigenvalue weighted by molar-refractivity contribution is 5.93. The van der Waals surface area contributed by atoms with Gasteiger partial charge in [0.1, 0.15) is 0 Å². The first kappa shape index (κ1) is 16.3. The van der Waals surface area contributed by atoms with Crippen LogP contribution >= 0.6 is 0 Å². The van der Waals surface area contributed by atoms with E-state index in [9.17, 15) is 4.79 Å². The molecule has 2 amide bonds. The van der Waals surface area contributed by atoms with Gasteiger partial charge in [-0.1, -0.05) is 31.0 Å². The van der Waals surface area contributed by atoms with Gasteiger partial charge in [-0.2, -0.15) is 0 Å². The van der Waals surface area contributed by atoms with Gasteiger partial charge in [-0.3, -0.25) is 4.98 Å². The summed E-state index contributed by atoms with van der Waals surface area (Å²) in [6.45, 7) is 2.51. The summed E-state index contributed by atoms with van der Waals surface area (Å²) in [5.74, 6) is 0. The summed E-state index contributed by atoms with van der Waals surface area (Å²) in [4.78, 5) is 18.8. The van der Waals surface area contributed by atoms with E-state index in [2.05, 4.69) is 26.6 Å². The molecule has 1 aromatic carbocycles. The highest BCUT2D eigenvalue weighted by Crippen LogP contribution is 2.27. The zero-order chi connectivity index (χ0) is 16.6. The number of hydrogen-bond acceptors (Lipinski definition) is 3. The zero-order valence-corrected chi connectivity index (χ0v) is 13.9. The number of benzene rings is 1. The van der Waals surface area contributed by atoms with Crippen molar-refractivity contribution in [2.24, 2.45) is 0 Å². The van der Waals surface area contributed by atoms with Crippen LogP contribution in [0.5, 0.6) is 0 Å². The molecule has 5 heteroatoms. The molecule has 0 spiro atoms. The van der Waals surface area contributed by atoms with Crippen LogP contribution in [0.2, 0.25) is 0 Å². The summed E-state index contributed by atoms with van der Waals surface area (Å²) in [6.07, 6.45) is 6.72. The van der Waals surface area contributed by atoms with E-state index in [-0.39, 0.29) is 6.03 Å². The molecule has 24 heavy (non-hydrogen) atoms. The number of nitrogens with one attached hydrogen (secondary N) is 2. The topological polar surface area (TPSA) is 57.3 Å². The summed E-state index contributed by atoms with van der Waals surface area (Å²) in [5, 5.41) is 5.84. The second-order valence-corrected chi connectivity index (χ2v) is 6.05. The van der Waals surface area contributed by atoms with Crippen molar-refractivity contribution < 1.29 is 4.79 Å². The van der Waals surface area contributed by atoms with E-state index in [0.29, 0.717) is 6.54 Å². The van der Waals surface area contributed by atoms with Crippen molar-refractivity contribution in [1.29, 1.82) is 0 Å². The number of para-hydroxylation sites is 2. The lowest BCUT2D eigenvalue weighted by atomic mass is 10.2. The maximum absolute atomic E-state index is 12.2. The van der Waals surface area contributed by atoms with Gasteiger partial charge in [-0.25, -0.2) is 4.79 Å². The molecule has 5 nitrogen and oxygen atoms in total. The average molecular weight is 324 g/mol. The van der Waals surface area contributed by atoms with Gasteiger partial charge >= 0.3 is 6.03 Å². The summed E-state index contributed by atoms with van der Waals surface area (Å²) < 4.78 is 0. The molecule has 2 aromatic rings. The number of carbonyl (C=O) groups is 1. The number of anilines is 2. The number of carbonyl (C=O) groups excluding carboxylic acids is 1. The minimum atomic E-state index is -0.206. The van der Waals surface area contributed by atoms with Crippen LogP contribution in [0.3, 0.4) is 0 Å². The van der Waals surface area contributed by atoms with Crippen LogP contribution in [0.4, 0.5) is 16.2 Å². The molecular weight excluding hydrogens is 300 g/mol. The maximum Gasteiger partial charge on any atom is 0.319 e. The van der Waals surface area contributed by atoms with Gasteiger partial charge in [-0.15, -0.1) is 0 Å². The maximum atomic E-state index is 12.2. The molecule has 0 saturated carbocycles. The van der Waals surface area contributed by atoms with Gasteiger partial charge in [0.15, 0.2) is 0 Å². The number of urea groups is 1. The Morgan fingerprint density at radius 2 is 1.75 bits per heavy atom. The Morgan fingerprint density at radius 3 is 2.50 bits per heavy atom. The van der Waals surface area contributed by atoms with E-state index < -0.39 is 0 Å². The highest BCUT2D eigenvalue weighted by Gasteiger charge is 2.14.